The highest BCUT2D eigenvalue weighted by atomic mass is 19.1. The second-order valence-corrected chi connectivity index (χ2v) is 7.14. The number of amides is 1. The van der Waals surface area contributed by atoms with Gasteiger partial charge in [0.15, 0.2) is 6.10 Å². The number of rotatable bonds is 7. The maximum Gasteiger partial charge on any atom is 0.253 e. The number of fused-ring (bicyclic) bond motifs is 1. The third-order valence-corrected chi connectivity index (χ3v) is 4.98. The fourth-order valence-corrected chi connectivity index (χ4v) is 3.43. The van der Waals surface area contributed by atoms with E-state index in [9.17, 15) is 13.6 Å². The van der Waals surface area contributed by atoms with Gasteiger partial charge >= 0.3 is 0 Å². The van der Waals surface area contributed by atoms with Crippen LogP contribution in [0.5, 0.6) is 11.6 Å². The zero-order chi connectivity index (χ0) is 21.6. The molecule has 0 radical (unpaired) electrons. The summed E-state index contributed by atoms with van der Waals surface area (Å²) in [6, 6.07) is 12.5. The van der Waals surface area contributed by atoms with Crippen LogP contribution in [0.15, 0.2) is 61.1 Å². The molecule has 1 amide bonds. The lowest BCUT2D eigenvalue weighted by Gasteiger charge is -2.28. The van der Waals surface area contributed by atoms with Gasteiger partial charge in [-0.15, -0.1) is 0 Å². The van der Waals surface area contributed by atoms with Crippen LogP contribution in [0.2, 0.25) is 0 Å². The molecular formula is C23H21F2N3O3. The van der Waals surface area contributed by atoms with Crippen LogP contribution in [-0.4, -0.2) is 48.0 Å². The third-order valence-electron chi connectivity index (χ3n) is 4.98. The Bertz CT molecular complexity index is 1030. The Morgan fingerprint density at radius 3 is 2.68 bits per heavy atom. The summed E-state index contributed by atoms with van der Waals surface area (Å²) < 4.78 is 36.1. The van der Waals surface area contributed by atoms with E-state index >= 15 is 0 Å². The molecular weight excluding hydrogens is 404 g/mol. The Labute approximate surface area is 178 Å². The van der Waals surface area contributed by atoms with Crippen molar-refractivity contribution in [2.24, 2.45) is 0 Å². The maximum absolute atomic E-state index is 12.6. The maximum atomic E-state index is 12.6. The largest absolute Gasteiger partial charge is 0.491 e. The van der Waals surface area contributed by atoms with E-state index in [1.807, 2.05) is 30.3 Å². The number of aromatic nitrogens is 2. The van der Waals surface area contributed by atoms with Crippen molar-refractivity contribution in [3.63, 3.8) is 0 Å². The van der Waals surface area contributed by atoms with Crippen molar-refractivity contribution in [3.8, 4) is 22.8 Å². The molecule has 0 saturated carbocycles. The van der Waals surface area contributed by atoms with Crippen molar-refractivity contribution in [1.29, 1.82) is 0 Å². The lowest BCUT2D eigenvalue weighted by molar-refractivity contribution is 0.0914. The number of hydrogen-bond donors (Lipinski definition) is 1. The number of alkyl halides is 2. The van der Waals surface area contributed by atoms with Gasteiger partial charge in [-0.3, -0.25) is 9.78 Å². The molecule has 4 rings (SSSR count). The van der Waals surface area contributed by atoms with Crippen molar-refractivity contribution in [1.82, 2.24) is 15.3 Å². The summed E-state index contributed by atoms with van der Waals surface area (Å²) >= 11 is 0. The lowest BCUT2D eigenvalue weighted by Crippen LogP contribution is -2.42. The van der Waals surface area contributed by atoms with Crippen LogP contribution in [0.4, 0.5) is 8.78 Å². The minimum Gasteiger partial charge on any atom is -0.491 e. The number of pyridine rings is 2. The summed E-state index contributed by atoms with van der Waals surface area (Å²) in [6.07, 6.45) is 4.21. The highest BCUT2D eigenvalue weighted by Crippen LogP contribution is 2.34. The van der Waals surface area contributed by atoms with E-state index in [0.29, 0.717) is 18.6 Å². The normalized spacial score (nSPS) is 15.1. The fraction of sp³-hybridized carbons (Fsp3) is 0.261. The molecule has 1 aromatic carbocycles. The summed E-state index contributed by atoms with van der Waals surface area (Å²) in [7, 11) is 0. The van der Waals surface area contributed by atoms with Crippen LogP contribution < -0.4 is 14.8 Å². The molecule has 1 N–H and O–H groups in total. The topological polar surface area (TPSA) is 73.3 Å². The number of ether oxygens (including phenoxy) is 2. The van der Waals surface area contributed by atoms with Gasteiger partial charge in [-0.25, -0.2) is 13.8 Å². The van der Waals surface area contributed by atoms with Gasteiger partial charge in [-0.1, -0.05) is 12.1 Å². The Hall–Kier alpha value is -3.55. The number of nitrogens with zero attached hydrogens (tertiary/aromatic N) is 2. The summed E-state index contributed by atoms with van der Waals surface area (Å²) in [5.41, 5.74) is 3.41. The molecule has 0 fully saturated rings. The number of carbonyl (C=O) groups excluding carboxylic acids is 1. The van der Waals surface area contributed by atoms with Crippen LogP contribution in [0.1, 0.15) is 15.9 Å². The molecule has 3 aromatic rings. The molecule has 1 aliphatic rings. The first-order chi connectivity index (χ1) is 15.2. The van der Waals surface area contributed by atoms with Gasteiger partial charge < -0.3 is 14.8 Å². The van der Waals surface area contributed by atoms with Crippen molar-refractivity contribution in [3.05, 3.63) is 72.2 Å². The first kappa shape index (κ1) is 20.7. The average Bonchev–Trinajstić information content (AvgIpc) is 2.83. The minimum absolute atomic E-state index is 0.0637. The van der Waals surface area contributed by atoms with Gasteiger partial charge in [0.05, 0.1) is 11.6 Å². The highest BCUT2D eigenvalue weighted by Gasteiger charge is 2.24. The predicted octanol–water partition coefficient (Wildman–Crippen LogP) is 3.56. The number of nitrogens with one attached hydrogen (secondary N) is 1. The fourth-order valence-electron chi connectivity index (χ4n) is 3.43. The van der Waals surface area contributed by atoms with E-state index in [1.54, 1.807) is 12.4 Å². The zero-order valence-corrected chi connectivity index (χ0v) is 16.6. The summed E-state index contributed by atoms with van der Waals surface area (Å²) in [4.78, 5) is 20.7. The molecule has 0 spiro atoms. The van der Waals surface area contributed by atoms with E-state index in [-0.39, 0.29) is 17.8 Å². The van der Waals surface area contributed by atoms with Gasteiger partial charge in [0.2, 0.25) is 5.88 Å². The van der Waals surface area contributed by atoms with Crippen LogP contribution in [0, 0.1) is 0 Å². The molecule has 160 valence electrons. The minimum atomic E-state index is -1.19. The van der Waals surface area contributed by atoms with E-state index in [4.69, 9.17) is 9.47 Å². The van der Waals surface area contributed by atoms with Gasteiger partial charge in [0.1, 0.15) is 25.7 Å². The van der Waals surface area contributed by atoms with Crippen molar-refractivity contribution >= 4 is 5.91 Å². The van der Waals surface area contributed by atoms with Crippen LogP contribution in [0.3, 0.4) is 0 Å². The monoisotopic (exact) mass is 425 g/mol. The third kappa shape index (κ3) is 4.79. The van der Waals surface area contributed by atoms with Gasteiger partial charge in [-0.2, -0.15) is 0 Å². The molecule has 3 heterocycles. The summed E-state index contributed by atoms with van der Waals surface area (Å²) in [6.45, 7) is -1.56. The first-order valence-corrected chi connectivity index (χ1v) is 9.88. The predicted molar refractivity (Wildman–Crippen MR) is 111 cm³/mol. The molecule has 31 heavy (non-hydrogen) atoms. The molecule has 0 bridgehead atoms. The van der Waals surface area contributed by atoms with E-state index in [0.717, 1.165) is 22.4 Å². The van der Waals surface area contributed by atoms with Crippen LogP contribution >= 0.6 is 0 Å². The molecule has 2 aromatic heterocycles. The Morgan fingerprint density at radius 2 is 1.97 bits per heavy atom. The van der Waals surface area contributed by atoms with Crippen molar-refractivity contribution in [2.45, 2.75) is 18.6 Å². The van der Waals surface area contributed by atoms with Crippen LogP contribution in [0.25, 0.3) is 11.1 Å². The molecule has 6 nitrogen and oxygen atoms in total. The number of carbonyl (C=O) groups is 1. The standard InChI is InChI=1S/C23H21F2N3O3/c24-11-18(12-25)31-22-5-4-16(13-27-22)23(29)28-17-10-20-19(15-6-8-26-9-7-15)2-1-3-21(20)30-14-17/h1-9,13,17-18H,10-12,14H2,(H,28,29)/t17-/m0/s1. The van der Waals surface area contributed by atoms with E-state index in [2.05, 4.69) is 15.3 Å². The number of benzene rings is 1. The quantitative estimate of drug-likeness (QED) is 0.627. The smallest absolute Gasteiger partial charge is 0.253 e. The van der Waals surface area contributed by atoms with Gasteiger partial charge in [0.25, 0.3) is 5.91 Å². The Balaban J connectivity index is 1.44. The van der Waals surface area contributed by atoms with Crippen molar-refractivity contribution < 1.29 is 23.0 Å². The first-order valence-electron chi connectivity index (χ1n) is 9.88. The SMILES string of the molecule is O=C(N[C@@H]1COc2cccc(-c3ccncc3)c2C1)c1ccc(OC(CF)CF)nc1. The lowest BCUT2D eigenvalue weighted by atomic mass is 9.93. The zero-order valence-electron chi connectivity index (χ0n) is 16.6. The van der Waals surface area contributed by atoms with Gasteiger partial charge in [0, 0.05) is 36.6 Å². The molecule has 1 aliphatic heterocycles. The molecule has 0 aliphatic carbocycles. The molecule has 1 atom stereocenters. The number of halogens is 2. The van der Waals surface area contributed by atoms with E-state index in [1.165, 1.54) is 18.3 Å². The summed E-state index contributed by atoms with van der Waals surface area (Å²) in [5, 5.41) is 2.96. The second kappa shape index (κ2) is 9.51. The van der Waals surface area contributed by atoms with E-state index < -0.39 is 19.5 Å². The molecule has 8 heteroatoms. The number of hydrogen-bond acceptors (Lipinski definition) is 5. The second-order valence-electron chi connectivity index (χ2n) is 7.14. The van der Waals surface area contributed by atoms with Crippen molar-refractivity contribution in [2.75, 3.05) is 20.0 Å². The molecule has 0 saturated heterocycles. The van der Waals surface area contributed by atoms with Crippen LogP contribution in [-0.2, 0) is 6.42 Å². The van der Waals surface area contributed by atoms with Gasteiger partial charge in [-0.05, 0) is 35.4 Å². The Morgan fingerprint density at radius 1 is 1.16 bits per heavy atom. The summed E-state index contributed by atoms with van der Waals surface area (Å²) in [5.74, 6) is 0.553. The molecule has 0 unspecified atom stereocenters. The Kier molecular flexibility index (Phi) is 6.35. The average molecular weight is 425 g/mol. The highest BCUT2D eigenvalue weighted by molar-refractivity contribution is 5.94.